The largest absolute Gasteiger partial charge is 0.310 e. The Balaban J connectivity index is 2.00. The van der Waals surface area contributed by atoms with Crippen LogP contribution in [0.15, 0.2) is 0 Å². The number of likely N-dealkylation sites (tertiary alicyclic amines) is 1. The van der Waals surface area contributed by atoms with Gasteiger partial charge in [-0.2, -0.15) is 0 Å². The molecule has 0 radical (unpaired) electrons. The standard InChI is InChI=1S/C14H29N3/c1-12-10-16(4)9-6-13(12)17-8-5-7-15-14(2,3)11-17/h12-13,15H,5-11H2,1-4H3. The molecule has 2 fully saturated rings. The Kier molecular flexibility index (Phi) is 4.11. The molecule has 0 spiro atoms. The zero-order chi connectivity index (χ0) is 12.5. The Morgan fingerprint density at radius 2 is 2.00 bits per heavy atom. The second kappa shape index (κ2) is 5.25. The monoisotopic (exact) mass is 239 g/mol. The summed E-state index contributed by atoms with van der Waals surface area (Å²) in [6.45, 7) is 13.3. The summed E-state index contributed by atoms with van der Waals surface area (Å²) >= 11 is 0. The maximum atomic E-state index is 3.66. The minimum absolute atomic E-state index is 0.277. The molecule has 0 aliphatic carbocycles. The van der Waals surface area contributed by atoms with Crippen molar-refractivity contribution < 1.29 is 0 Å². The lowest BCUT2D eigenvalue weighted by Gasteiger charge is -2.43. The highest BCUT2D eigenvalue weighted by atomic mass is 15.2. The van der Waals surface area contributed by atoms with E-state index >= 15 is 0 Å². The summed E-state index contributed by atoms with van der Waals surface area (Å²) in [5.74, 6) is 0.808. The van der Waals surface area contributed by atoms with E-state index in [4.69, 9.17) is 0 Å². The molecule has 0 aromatic heterocycles. The third-order valence-corrected chi connectivity index (χ3v) is 4.36. The molecule has 17 heavy (non-hydrogen) atoms. The van der Waals surface area contributed by atoms with Gasteiger partial charge in [-0.05, 0) is 59.3 Å². The van der Waals surface area contributed by atoms with Crippen LogP contribution in [0.25, 0.3) is 0 Å². The van der Waals surface area contributed by atoms with E-state index in [1.54, 1.807) is 0 Å². The Bertz CT molecular complexity index is 252. The predicted octanol–water partition coefficient (Wildman–Crippen LogP) is 1.40. The number of nitrogens with zero attached hydrogens (tertiary/aromatic N) is 2. The predicted molar refractivity (Wildman–Crippen MR) is 73.3 cm³/mol. The third-order valence-electron chi connectivity index (χ3n) is 4.36. The van der Waals surface area contributed by atoms with Crippen LogP contribution in [0.3, 0.4) is 0 Å². The van der Waals surface area contributed by atoms with Gasteiger partial charge in [0.1, 0.15) is 0 Å². The fourth-order valence-electron chi connectivity index (χ4n) is 3.52. The van der Waals surface area contributed by atoms with Crippen molar-refractivity contribution >= 4 is 0 Å². The average Bonchev–Trinajstić information content (AvgIpc) is 2.39. The van der Waals surface area contributed by atoms with Crippen molar-refractivity contribution in [1.29, 1.82) is 0 Å². The van der Waals surface area contributed by atoms with E-state index in [1.807, 2.05) is 0 Å². The van der Waals surface area contributed by atoms with Gasteiger partial charge < -0.3 is 10.2 Å². The molecular formula is C14H29N3. The summed E-state index contributed by atoms with van der Waals surface area (Å²) < 4.78 is 0. The lowest BCUT2D eigenvalue weighted by Crippen LogP contribution is -2.54. The molecule has 1 N–H and O–H groups in total. The van der Waals surface area contributed by atoms with Gasteiger partial charge in [0.05, 0.1) is 0 Å². The van der Waals surface area contributed by atoms with Crippen LogP contribution in [0.1, 0.15) is 33.6 Å². The van der Waals surface area contributed by atoms with E-state index < -0.39 is 0 Å². The van der Waals surface area contributed by atoms with Crippen LogP contribution < -0.4 is 5.32 Å². The molecule has 2 unspecified atom stereocenters. The van der Waals surface area contributed by atoms with Crippen LogP contribution in [0.4, 0.5) is 0 Å². The lowest BCUT2D eigenvalue weighted by molar-refractivity contribution is 0.0658. The molecule has 2 heterocycles. The molecular weight excluding hydrogens is 210 g/mol. The topological polar surface area (TPSA) is 18.5 Å². The smallest absolute Gasteiger partial charge is 0.0252 e. The van der Waals surface area contributed by atoms with E-state index in [9.17, 15) is 0 Å². The van der Waals surface area contributed by atoms with Crippen LogP contribution in [0.5, 0.6) is 0 Å². The number of rotatable bonds is 1. The number of nitrogens with one attached hydrogen (secondary N) is 1. The van der Waals surface area contributed by atoms with Gasteiger partial charge in [0.25, 0.3) is 0 Å². The molecule has 2 saturated heterocycles. The molecule has 2 aliphatic heterocycles. The van der Waals surface area contributed by atoms with Crippen LogP contribution in [-0.4, -0.2) is 61.2 Å². The molecule has 2 rings (SSSR count). The zero-order valence-electron chi connectivity index (χ0n) is 12.0. The summed E-state index contributed by atoms with van der Waals surface area (Å²) in [6, 6.07) is 0.797. The minimum Gasteiger partial charge on any atom is -0.310 e. The van der Waals surface area contributed by atoms with Crippen molar-refractivity contribution in [3.05, 3.63) is 0 Å². The SMILES string of the molecule is CC1CN(C)CCC1N1CCCNC(C)(C)C1. The van der Waals surface area contributed by atoms with Gasteiger partial charge in [0, 0.05) is 24.7 Å². The first-order chi connectivity index (χ1) is 7.98. The Morgan fingerprint density at radius 3 is 2.71 bits per heavy atom. The average molecular weight is 239 g/mol. The minimum atomic E-state index is 0.277. The van der Waals surface area contributed by atoms with Crippen molar-refractivity contribution in [1.82, 2.24) is 15.1 Å². The number of hydrogen-bond donors (Lipinski definition) is 1. The Labute approximate surface area is 107 Å². The summed E-state index contributed by atoms with van der Waals surface area (Å²) in [4.78, 5) is 5.22. The highest BCUT2D eigenvalue weighted by Gasteiger charge is 2.33. The van der Waals surface area contributed by atoms with E-state index in [0.29, 0.717) is 0 Å². The Hall–Kier alpha value is -0.120. The summed E-state index contributed by atoms with van der Waals surface area (Å²) in [7, 11) is 2.25. The second-order valence-electron chi connectivity index (χ2n) is 6.73. The number of piperidine rings is 1. The molecule has 0 bridgehead atoms. The first-order valence-corrected chi connectivity index (χ1v) is 7.15. The van der Waals surface area contributed by atoms with Gasteiger partial charge >= 0.3 is 0 Å². The van der Waals surface area contributed by atoms with E-state index in [2.05, 4.69) is 42.9 Å². The van der Waals surface area contributed by atoms with Crippen LogP contribution >= 0.6 is 0 Å². The van der Waals surface area contributed by atoms with Gasteiger partial charge in [-0.3, -0.25) is 4.90 Å². The lowest BCUT2D eigenvalue weighted by atomic mass is 9.91. The molecule has 100 valence electrons. The van der Waals surface area contributed by atoms with Crippen LogP contribution in [0.2, 0.25) is 0 Å². The first-order valence-electron chi connectivity index (χ1n) is 7.15. The van der Waals surface area contributed by atoms with Gasteiger partial charge in [0.2, 0.25) is 0 Å². The first kappa shape index (κ1) is 13.3. The molecule has 3 heteroatoms. The fraction of sp³-hybridized carbons (Fsp3) is 1.00. The van der Waals surface area contributed by atoms with E-state index in [0.717, 1.165) is 12.0 Å². The van der Waals surface area contributed by atoms with Gasteiger partial charge in [-0.15, -0.1) is 0 Å². The molecule has 3 nitrogen and oxygen atoms in total. The summed E-state index contributed by atoms with van der Waals surface area (Å²) in [5.41, 5.74) is 0.277. The van der Waals surface area contributed by atoms with Crippen LogP contribution in [0, 0.1) is 5.92 Å². The maximum absolute atomic E-state index is 3.66. The highest BCUT2D eigenvalue weighted by Crippen LogP contribution is 2.24. The van der Waals surface area contributed by atoms with Gasteiger partial charge in [-0.25, -0.2) is 0 Å². The number of hydrogen-bond acceptors (Lipinski definition) is 3. The van der Waals surface area contributed by atoms with Gasteiger partial charge in [0.15, 0.2) is 0 Å². The molecule has 0 aromatic carbocycles. The Morgan fingerprint density at radius 1 is 1.24 bits per heavy atom. The van der Waals surface area contributed by atoms with E-state index in [1.165, 1.54) is 45.6 Å². The quantitative estimate of drug-likeness (QED) is 0.746. The molecule has 0 aromatic rings. The summed E-state index contributed by atoms with van der Waals surface area (Å²) in [5, 5.41) is 3.66. The van der Waals surface area contributed by atoms with Crippen molar-refractivity contribution in [2.24, 2.45) is 5.92 Å². The third kappa shape index (κ3) is 3.43. The fourth-order valence-corrected chi connectivity index (χ4v) is 3.52. The maximum Gasteiger partial charge on any atom is 0.0252 e. The highest BCUT2D eigenvalue weighted by molar-refractivity contribution is 4.91. The van der Waals surface area contributed by atoms with Crippen molar-refractivity contribution in [2.45, 2.75) is 45.2 Å². The van der Waals surface area contributed by atoms with Crippen molar-refractivity contribution in [2.75, 3.05) is 39.8 Å². The normalized spacial score (nSPS) is 36.7. The summed E-state index contributed by atoms with van der Waals surface area (Å²) in [6.07, 6.45) is 2.64. The van der Waals surface area contributed by atoms with Gasteiger partial charge in [-0.1, -0.05) is 6.92 Å². The molecule has 0 saturated carbocycles. The zero-order valence-corrected chi connectivity index (χ0v) is 12.0. The van der Waals surface area contributed by atoms with Crippen molar-refractivity contribution in [3.63, 3.8) is 0 Å². The second-order valence-corrected chi connectivity index (χ2v) is 6.73. The molecule has 2 aliphatic rings. The van der Waals surface area contributed by atoms with Crippen molar-refractivity contribution in [3.8, 4) is 0 Å². The van der Waals surface area contributed by atoms with Crippen LogP contribution in [-0.2, 0) is 0 Å². The van der Waals surface area contributed by atoms with E-state index in [-0.39, 0.29) is 5.54 Å². The molecule has 0 amide bonds. The molecule has 2 atom stereocenters.